The monoisotopic (exact) mass is 210 g/mol. The van der Waals surface area contributed by atoms with Gasteiger partial charge in [-0.15, -0.1) is 0 Å². The summed E-state index contributed by atoms with van der Waals surface area (Å²) in [5.41, 5.74) is 2.33. The van der Waals surface area contributed by atoms with Gasteiger partial charge in [0.1, 0.15) is 0 Å². The lowest BCUT2D eigenvalue weighted by atomic mass is 10.2. The van der Waals surface area contributed by atoms with Crippen LogP contribution in [0.25, 0.3) is 0 Å². The molecular weight excluding hydrogens is 184 g/mol. The zero-order valence-corrected chi connectivity index (χ0v) is 10.9. The first-order valence-corrected chi connectivity index (χ1v) is 6.06. The highest BCUT2D eigenvalue weighted by atomic mass is 14.9. The summed E-state index contributed by atoms with van der Waals surface area (Å²) in [6, 6.07) is 0.435. The second kappa shape index (κ2) is 8.51. The Morgan fingerprint density at radius 2 is 2.00 bits per heavy atom. The third-order valence-electron chi connectivity index (χ3n) is 2.37. The van der Waals surface area contributed by atoms with E-state index in [0.29, 0.717) is 6.04 Å². The van der Waals surface area contributed by atoms with Crippen LogP contribution in [-0.2, 0) is 0 Å². The highest BCUT2D eigenvalue weighted by molar-refractivity contribution is 5.93. The van der Waals surface area contributed by atoms with Gasteiger partial charge in [-0.1, -0.05) is 20.3 Å². The SMILES string of the molecule is CCCCN/C(C)=C\C(C)=N\C(C)CC. The predicted octanol–water partition coefficient (Wildman–Crippen LogP) is 3.54. The molecule has 0 aliphatic carbocycles. The zero-order chi connectivity index (χ0) is 11.7. The van der Waals surface area contributed by atoms with Gasteiger partial charge in [-0.2, -0.15) is 0 Å². The van der Waals surface area contributed by atoms with E-state index >= 15 is 0 Å². The van der Waals surface area contributed by atoms with Gasteiger partial charge >= 0.3 is 0 Å². The Balaban J connectivity index is 4.04. The quantitative estimate of drug-likeness (QED) is 0.504. The molecule has 0 saturated heterocycles. The molecule has 2 heteroatoms. The highest BCUT2D eigenvalue weighted by Gasteiger charge is 1.95. The van der Waals surface area contributed by atoms with Crippen molar-refractivity contribution < 1.29 is 0 Å². The van der Waals surface area contributed by atoms with Crippen molar-refractivity contribution in [2.24, 2.45) is 4.99 Å². The van der Waals surface area contributed by atoms with Gasteiger partial charge in [0.15, 0.2) is 0 Å². The Morgan fingerprint density at radius 1 is 1.33 bits per heavy atom. The van der Waals surface area contributed by atoms with Crippen molar-refractivity contribution in [1.82, 2.24) is 5.32 Å². The van der Waals surface area contributed by atoms with E-state index in [1.54, 1.807) is 0 Å². The first kappa shape index (κ1) is 14.2. The van der Waals surface area contributed by atoms with Crippen LogP contribution in [-0.4, -0.2) is 18.3 Å². The Labute approximate surface area is 94.9 Å². The summed E-state index contributed by atoms with van der Waals surface area (Å²) in [5, 5.41) is 3.39. The van der Waals surface area contributed by atoms with Gasteiger partial charge in [-0.3, -0.25) is 4.99 Å². The number of allylic oxidation sites excluding steroid dienone is 2. The Hall–Kier alpha value is -0.790. The standard InChI is InChI=1S/C13H26N2/c1-6-8-9-14-12(4)10-13(5)15-11(3)7-2/h10-11,14H,6-9H2,1-5H3/b12-10-,15-13+. The minimum absolute atomic E-state index is 0.435. The molecule has 1 atom stereocenters. The summed E-state index contributed by atoms with van der Waals surface area (Å²) in [5.74, 6) is 0. The maximum atomic E-state index is 4.56. The maximum Gasteiger partial charge on any atom is 0.0472 e. The maximum absolute atomic E-state index is 4.56. The number of nitrogens with one attached hydrogen (secondary N) is 1. The molecule has 0 heterocycles. The molecule has 0 aromatic rings. The van der Waals surface area contributed by atoms with Crippen LogP contribution in [0.5, 0.6) is 0 Å². The minimum Gasteiger partial charge on any atom is -0.389 e. The van der Waals surface area contributed by atoms with Gasteiger partial charge in [-0.25, -0.2) is 0 Å². The van der Waals surface area contributed by atoms with Gasteiger partial charge in [0.2, 0.25) is 0 Å². The fraction of sp³-hybridized carbons (Fsp3) is 0.769. The first-order valence-electron chi connectivity index (χ1n) is 6.06. The number of hydrogen-bond donors (Lipinski definition) is 1. The fourth-order valence-electron chi connectivity index (χ4n) is 1.30. The molecule has 0 aromatic carbocycles. The molecule has 0 bridgehead atoms. The molecule has 1 unspecified atom stereocenters. The van der Waals surface area contributed by atoms with E-state index in [1.807, 2.05) is 0 Å². The lowest BCUT2D eigenvalue weighted by Gasteiger charge is -2.06. The molecule has 2 nitrogen and oxygen atoms in total. The summed E-state index contributed by atoms with van der Waals surface area (Å²) in [4.78, 5) is 4.56. The van der Waals surface area contributed by atoms with Crippen molar-refractivity contribution in [1.29, 1.82) is 0 Å². The molecule has 0 aromatic heterocycles. The summed E-state index contributed by atoms with van der Waals surface area (Å²) in [7, 11) is 0. The first-order chi connectivity index (χ1) is 7.10. The van der Waals surface area contributed by atoms with Crippen LogP contribution in [0.2, 0.25) is 0 Å². The zero-order valence-electron chi connectivity index (χ0n) is 10.9. The number of hydrogen-bond acceptors (Lipinski definition) is 2. The average Bonchev–Trinajstić information content (AvgIpc) is 2.17. The second-order valence-corrected chi connectivity index (χ2v) is 4.14. The number of nitrogens with zero attached hydrogens (tertiary/aromatic N) is 1. The number of unbranched alkanes of at least 4 members (excludes halogenated alkanes) is 1. The van der Waals surface area contributed by atoms with E-state index < -0.39 is 0 Å². The van der Waals surface area contributed by atoms with Crippen LogP contribution in [0.4, 0.5) is 0 Å². The van der Waals surface area contributed by atoms with E-state index in [0.717, 1.165) is 18.7 Å². The molecule has 0 saturated carbocycles. The largest absolute Gasteiger partial charge is 0.389 e. The molecule has 0 rings (SSSR count). The summed E-state index contributed by atoms with van der Waals surface area (Å²) < 4.78 is 0. The van der Waals surface area contributed by atoms with Crippen molar-refractivity contribution in [3.8, 4) is 0 Å². The number of rotatable bonds is 7. The Bertz CT molecular complexity index is 217. The van der Waals surface area contributed by atoms with Gasteiger partial charge in [0.25, 0.3) is 0 Å². The molecular formula is C13H26N2. The number of aliphatic imine (C=N–C) groups is 1. The van der Waals surface area contributed by atoms with Crippen LogP contribution in [0.15, 0.2) is 16.8 Å². The van der Waals surface area contributed by atoms with Crippen molar-refractivity contribution in [2.75, 3.05) is 6.54 Å². The summed E-state index contributed by atoms with van der Waals surface area (Å²) in [6.45, 7) is 11.8. The van der Waals surface area contributed by atoms with Gasteiger partial charge in [-0.05, 0) is 39.7 Å². The lowest BCUT2D eigenvalue weighted by Crippen LogP contribution is -2.13. The third-order valence-corrected chi connectivity index (χ3v) is 2.37. The average molecular weight is 210 g/mol. The molecule has 0 amide bonds. The highest BCUT2D eigenvalue weighted by Crippen LogP contribution is 1.98. The van der Waals surface area contributed by atoms with E-state index in [2.05, 4.69) is 51.0 Å². The predicted molar refractivity (Wildman–Crippen MR) is 69.5 cm³/mol. The van der Waals surface area contributed by atoms with Crippen molar-refractivity contribution >= 4 is 5.71 Å². The summed E-state index contributed by atoms with van der Waals surface area (Å²) >= 11 is 0. The molecule has 0 spiro atoms. The van der Waals surface area contributed by atoms with Crippen molar-refractivity contribution in [3.63, 3.8) is 0 Å². The lowest BCUT2D eigenvalue weighted by molar-refractivity contribution is 0.708. The topological polar surface area (TPSA) is 24.4 Å². The Kier molecular flexibility index (Phi) is 8.06. The van der Waals surface area contributed by atoms with Crippen LogP contribution in [0.3, 0.4) is 0 Å². The molecule has 1 N–H and O–H groups in total. The van der Waals surface area contributed by atoms with E-state index in [4.69, 9.17) is 0 Å². The van der Waals surface area contributed by atoms with Crippen LogP contribution >= 0.6 is 0 Å². The normalized spacial score (nSPS) is 15.3. The molecule has 0 aliphatic heterocycles. The molecule has 88 valence electrons. The summed E-state index contributed by atoms with van der Waals surface area (Å²) in [6.07, 6.45) is 5.70. The molecule has 0 radical (unpaired) electrons. The van der Waals surface area contributed by atoms with Gasteiger partial charge in [0.05, 0.1) is 0 Å². The van der Waals surface area contributed by atoms with Gasteiger partial charge in [0, 0.05) is 24.0 Å². The molecule has 0 fully saturated rings. The van der Waals surface area contributed by atoms with Gasteiger partial charge < -0.3 is 5.32 Å². The molecule has 15 heavy (non-hydrogen) atoms. The van der Waals surface area contributed by atoms with E-state index in [-0.39, 0.29) is 0 Å². The van der Waals surface area contributed by atoms with E-state index in [9.17, 15) is 0 Å². The van der Waals surface area contributed by atoms with Crippen LogP contribution in [0, 0.1) is 0 Å². The second-order valence-electron chi connectivity index (χ2n) is 4.14. The van der Waals surface area contributed by atoms with Crippen molar-refractivity contribution in [3.05, 3.63) is 11.8 Å². The smallest absolute Gasteiger partial charge is 0.0472 e. The van der Waals surface area contributed by atoms with Crippen LogP contribution < -0.4 is 5.32 Å². The van der Waals surface area contributed by atoms with E-state index in [1.165, 1.54) is 18.5 Å². The molecule has 0 aliphatic rings. The third kappa shape index (κ3) is 8.22. The van der Waals surface area contributed by atoms with Crippen molar-refractivity contribution in [2.45, 2.75) is 59.9 Å². The minimum atomic E-state index is 0.435. The Morgan fingerprint density at radius 3 is 2.53 bits per heavy atom. The van der Waals surface area contributed by atoms with Crippen LogP contribution in [0.1, 0.15) is 53.9 Å². The fourth-order valence-corrected chi connectivity index (χ4v) is 1.30.